The number of methoxy groups -OCH3 is 1. The Labute approximate surface area is 108 Å². The number of anilines is 1. The van der Waals surface area contributed by atoms with Gasteiger partial charge in [0, 0.05) is 32.2 Å². The molecule has 0 aromatic heterocycles. The Hall–Kier alpha value is -1.55. The Kier molecular flexibility index (Phi) is 6.22. The number of carbonyl (C=O) groups excluding carboxylic acids is 1. The van der Waals surface area contributed by atoms with E-state index in [0.717, 1.165) is 17.7 Å². The highest BCUT2D eigenvalue weighted by Crippen LogP contribution is 2.09. The van der Waals surface area contributed by atoms with Gasteiger partial charge in [0.15, 0.2) is 0 Å². The lowest BCUT2D eigenvalue weighted by Crippen LogP contribution is -2.17. The average Bonchev–Trinajstić information content (AvgIpc) is 2.35. The smallest absolute Gasteiger partial charge is 0.306 e. The maximum atomic E-state index is 11.6. The van der Waals surface area contributed by atoms with Gasteiger partial charge in [0.25, 0.3) is 0 Å². The number of hydrogen-bond acceptors (Lipinski definition) is 4. The molecule has 0 amide bonds. The normalized spacial score (nSPS) is 12.1. The van der Waals surface area contributed by atoms with Gasteiger partial charge >= 0.3 is 5.97 Å². The van der Waals surface area contributed by atoms with E-state index in [0.29, 0.717) is 19.4 Å². The molecule has 1 atom stereocenters. The number of benzene rings is 1. The van der Waals surface area contributed by atoms with Crippen LogP contribution in [0, 0.1) is 0 Å². The molecule has 0 saturated carbocycles. The number of rotatable bonds is 7. The van der Waals surface area contributed by atoms with Crippen molar-refractivity contribution in [3.63, 3.8) is 0 Å². The first-order chi connectivity index (χ1) is 8.61. The van der Waals surface area contributed by atoms with Crippen molar-refractivity contribution < 1.29 is 14.3 Å². The monoisotopic (exact) mass is 251 g/mol. The lowest BCUT2D eigenvalue weighted by Gasteiger charge is -2.12. The molecule has 0 fully saturated rings. The van der Waals surface area contributed by atoms with Gasteiger partial charge in [-0.05, 0) is 31.0 Å². The fourth-order valence-corrected chi connectivity index (χ4v) is 1.56. The molecule has 0 radical (unpaired) electrons. The third-order valence-corrected chi connectivity index (χ3v) is 2.66. The van der Waals surface area contributed by atoms with E-state index in [9.17, 15) is 4.79 Å². The summed E-state index contributed by atoms with van der Waals surface area (Å²) >= 11 is 0. The molecule has 0 aliphatic rings. The van der Waals surface area contributed by atoms with E-state index in [1.807, 2.05) is 31.2 Å². The van der Waals surface area contributed by atoms with E-state index in [1.165, 1.54) is 0 Å². The van der Waals surface area contributed by atoms with Gasteiger partial charge in [-0.15, -0.1) is 0 Å². The fourth-order valence-electron chi connectivity index (χ4n) is 1.56. The Bertz CT molecular complexity index is 362. The lowest BCUT2D eigenvalue weighted by molar-refractivity contribution is -0.148. The van der Waals surface area contributed by atoms with Crippen molar-refractivity contribution in [1.82, 2.24) is 0 Å². The topological polar surface area (TPSA) is 61.5 Å². The molecular weight excluding hydrogens is 230 g/mol. The highest BCUT2D eigenvalue weighted by Gasteiger charge is 2.09. The van der Waals surface area contributed by atoms with Crippen molar-refractivity contribution in [1.29, 1.82) is 0 Å². The van der Waals surface area contributed by atoms with Gasteiger partial charge in [-0.1, -0.05) is 12.1 Å². The van der Waals surface area contributed by atoms with Gasteiger partial charge in [-0.3, -0.25) is 4.79 Å². The molecular formula is C14H21NO3. The summed E-state index contributed by atoms with van der Waals surface area (Å²) in [4.78, 5) is 11.6. The molecule has 1 aromatic carbocycles. The Morgan fingerprint density at radius 3 is 2.61 bits per heavy atom. The summed E-state index contributed by atoms with van der Waals surface area (Å²) in [5.74, 6) is -0.171. The molecule has 0 saturated heterocycles. The van der Waals surface area contributed by atoms with Crippen LogP contribution in [0.15, 0.2) is 24.3 Å². The van der Waals surface area contributed by atoms with Crippen LogP contribution in [-0.4, -0.2) is 25.8 Å². The zero-order chi connectivity index (χ0) is 13.4. The van der Waals surface area contributed by atoms with Gasteiger partial charge in [-0.2, -0.15) is 0 Å². The number of nitrogen functional groups attached to an aromatic ring is 1. The van der Waals surface area contributed by atoms with Crippen molar-refractivity contribution in [2.75, 3.05) is 19.5 Å². The van der Waals surface area contributed by atoms with Crippen LogP contribution in [0.5, 0.6) is 0 Å². The third kappa shape index (κ3) is 5.68. The van der Waals surface area contributed by atoms with Crippen molar-refractivity contribution in [3.8, 4) is 0 Å². The number of aryl methyl sites for hydroxylation is 1. The van der Waals surface area contributed by atoms with Crippen LogP contribution >= 0.6 is 0 Å². The number of ether oxygens (including phenoxy) is 2. The molecule has 4 heteroatoms. The van der Waals surface area contributed by atoms with Gasteiger partial charge in [0.1, 0.15) is 6.10 Å². The molecule has 0 bridgehead atoms. The summed E-state index contributed by atoms with van der Waals surface area (Å²) in [5.41, 5.74) is 7.41. The van der Waals surface area contributed by atoms with Crippen LogP contribution in [0.1, 0.15) is 25.3 Å². The van der Waals surface area contributed by atoms with Crippen molar-refractivity contribution >= 4 is 11.7 Å². The van der Waals surface area contributed by atoms with Crippen LogP contribution < -0.4 is 5.73 Å². The summed E-state index contributed by atoms with van der Waals surface area (Å²) in [6.07, 6.45) is 1.70. The molecule has 1 aromatic rings. The molecule has 0 spiro atoms. The number of nitrogens with two attached hydrogens (primary N) is 1. The lowest BCUT2D eigenvalue weighted by atomic mass is 10.1. The number of esters is 1. The van der Waals surface area contributed by atoms with E-state index >= 15 is 0 Å². The fraction of sp³-hybridized carbons (Fsp3) is 0.500. The predicted octanol–water partition coefficient (Wildman–Crippen LogP) is 2.17. The average molecular weight is 251 g/mol. The van der Waals surface area contributed by atoms with Gasteiger partial charge < -0.3 is 15.2 Å². The zero-order valence-corrected chi connectivity index (χ0v) is 11.0. The highest BCUT2D eigenvalue weighted by molar-refractivity contribution is 5.69. The van der Waals surface area contributed by atoms with Crippen LogP contribution in [-0.2, 0) is 20.7 Å². The van der Waals surface area contributed by atoms with Crippen LogP contribution in [0.3, 0.4) is 0 Å². The largest absolute Gasteiger partial charge is 0.463 e. The molecule has 0 heterocycles. The van der Waals surface area contributed by atoms with Gasteiger partial charge in [-0.25, -0.2) is 0 Å². The Morgan fingerprint density at radius 2 is 2.00 bits per heavy atom. The second-order valence-corrected chi connectivity index (χ2v) is 4.32. The molecule has 1 rings (SSSR count). The standard InChI is InChI=1S/C14H21NO3/c1-11(9-10-17-2)18-14(16)8-5-12-3-6-13(15)7-4-12/h3-4,6-7,11H,5,8-10,15H2,1-2H3. The van der Waals surface area contributed by atoms with Crippen molar-refractivity contribution in [3.05, 3.63) is 29.8 Å². The second-order valence-electron chi connectivity index (χ2n) is 4.32. The summed E-state index contributed by atoms with van der Waals surface area (Å²) in [7, 11) is 1.63. The first-order valence-electron chi connectivity index (χ1n) is 6.14. The second kappa shape index (κ2) is 7.71. The minimum atomic E-state index is -0.171. The molecule has 2 N–H and O–H groups in total. The maximum Gasteiger partial charge on any atom is 0.306 e. The Morgan fingerprint density at radius 1 is 1.33 bits per heavy atom. The molecule has 0 aliphatic heterocycles. The number of carbonyl (C=O) groups is 1. The predicted molar refractivity (Wildman–Crippen MR) is 71.2 cm³/mol. The summed E-state index contributed by atoms with van der Waals surface area (Å²) in [5, 5.41) is 0. The third-order valence-electron chi connectivity index (χ3n) is 2.66. The number of hydrogen-bond donors (Lipinski definition) is 1. The van der Waals surface area contributed by atoms with Crippen LogP contribution in [0.4, 0.5) is 5.69 Å². The summed E-state index contributed by atoms with van der Waals surface area (Å²) in [6.45, 7) is 2.48. The molecule has 100 valence electrons. The maximum absolute atomic E-state index is 11.6. The Balaban J connectivity index is 2.26. The van der Waals surface area contributed by atoms with Crippen molar-refractivity contribution in [2.45, 2.75) is 32.3 Å². The SMILES string of the molecule is COCCC(C)OC(=O)CCc1ccc(N)cc1. The van der Waals surface area contributed by atoms with E-state index in [4.69, 9.17) is 15.2 Å². The first kappa shape index (κ1) is 14.5. The molecule has 18 heavy (non-hydrogen) atoms. The van der Waals surface area contributed by atoms with E-state index in [1.54, 1.807) is 7.11 Å². The van der Waals surface area contributed by atoms with Crippen molar-refractivity contribution in [2.24, 2.45) is 0 Å². The minimum absolute atomic E-state index is 0.0936. The molecule has 0 aliphatic carbocycles. The summed E-state index contributed by atoms with van der Waals surface area (Å²) < 4.78 is 10.2. The quantitative estimate of drug-likeness (QED) is 0.596. The zero-order valence-electron chi connectivity index (χ0n) is 11.0. The van der Waals surface area contributed by atoms with Gasteiger partial charge in [0.05, 0.1) is 0 Å². The van der Waals surface area contributed by atoms with E-state index < -0.39 is 0 Å². The van der Waals surface area contributed by atoms with E-state index in [2.05, 4.69) is 0 Å². The first-order valence-corrected chi connectivity index (χ1v) is 6.14. The van der Waals surface area contributed by atoms with Crippen LogP contribution in [0.2, 0.25) is 0 Å². The highest BCUT2D eigenvalue weighted by atomic mass is 16.5. The van der Waals surface area contributed by atoms with E-state index in [-0.39, 0.29) is 12.1 Å². The molecule has 1 unspecified atom stereocenters. The molecule has 4 nitrogen and oxygen atoms in total. The van der Waals surface area contributed by atoms with Crippen LogP contribution in [0.25, 0.3) is 0 Å². The minimum Gasteiger partial charge on any atom is -0.463 e. The van der Waals surface area contributed by atoms with Gasteiger partial charge in [0.2, 0.25) is 0 Å². The summed E-state index contributed by atoms with van der Waals surface area (Å²) in [6, 6.07) is 7.53.